The molecule has 0 N–H and O–H groups in total. The first kappa shape index (κ1) is 9.96. The Balaban J connectivity index is 2.89. The fourth-order valence-corrected chi connectivity index (χ4v) is 0.882. The van der Waals surface area contributed by atoms with Gasteiger partial charge in [-0.05, 0) is 25.7 Å². The van der Waals surface area contributed by atoms with Gasteiger partial charge in [0.15, 0.2) is 0 Å². The van der Waals surface area contributed by atoms with Gasteiger partial charge in [-0.25, -0.2) is 0 Å². The van der Waals surface area contributed by atoms with E-state index in [0.717, 1.165) is 19.1 Å². The van der Waals surface area contributed by atoms with E-state index in [9.17, 15) is 0 Å². The summed E-state index contributed by atoms with van der Waals surface area (Å²) in [4.78, 5) is 0. The zero-order valence-electron chi connectivity index (χ0n) is 7.52. The summed E-state index contributed by atoms with van der Waals surface area (Å²) in [6.45, 7) is 8.39. The van der Waals surface area contributed by atoms with E-state index in [4.69, 9.17) is 4.74 Å². The molecule has 1 heteroatoms. The molecule has 0 saturated heterocycles. The zero-order valence-corrected chi connectivity index (χ0v) is 7.52. The average molecular weight is 144 g/mol. The summed E-state index contributed by atoms with van der Waals surface area (Å²) in [5.74, 6) is 0.875. The molecule has 0 aliphatic carbocycles. The summed E-state index contributed by atoms with van der Waals surface area (Å²) >= 11 is 0. The third-order valence-electron chi connectivity index (χ3n) is 1.89. The van der Waals surface area contributed by atoms with Crippen molar-refractivity contribution in [2.75, 3.05) is 13.2 Å². The molecule has 0 aliphatic heterocycles. The molecular formula is C9H20O. The molecule has 0 aliphatic rings. The first-order chi connectivity index (χ1) is 4.81. The van der Waals surface area contributed by atoms with Crippen LogP contribution in [0.5, 0.6) is 0 Å². The van der Waals surface area contributed by atoms with Crippen LogP contribution in [0.2, 0.25) is 0 Å². The van der Waals surface area contributed by atoms with E-state index in [0.29, 0.717) is 0 Å². The standard InChI is InChI=1S/C9H20O/c1-4-9(3)7-6-8-10-5-2/h9H,4-8H2,1-3H3. The number of rotatable bonds is 6. The van der Waals surface area contributed by atoms with Gasteiger partial charge >= 0.3 is 0 Å². The summed E-state index contributed by atoms with van der Waals surface area (Å²) in [5.41, 5.74) is 0. The summed E-state index contributed by atoms with van der Waals surface area (Å²) in [6, 6.07) is 0. The maximum atomic E-state index is 5.23. The van der Waals surface area contributed by atoms with Crippen LogP contribution >= 0.6 is 0 Å². The smallest absolute Gasteiger partial charge is 0.0465 e. The number of hydrogen-bond acceptors (Lipinski definition) is 1. The minimum atomic E-state index is 0.862. The van der Waals surface area contributed by atoms with Crippen molar-refractivity contribution >= 4 is 0 Å². The first-order valence-electron chi connectivity index (χ1n) is 4.39. The van der Waals surface area contributed by atoms with E-state index < -0.39 is 0 Å². The number of hydrogen-bond donors (Lipinski definition) is 0. The van der Waals surface area contributed by atoms with Crippen LogP contribution in [-0.2, 0) is 4.74 Å². The lowest BCUT2D eigenvalue weighted by atomic mass is 10.0. The second kappa shape index (κ2) is 7.07. The predicted molar refractivity (Wildman–Crippen MR) is 45.2 cm³/mol. The highest BCUT2D eigenvalue weighted by Crippen LogP contribution is 2.08. The molecule has 0 aromatic heterocycles. The maximum absolute atomic E-state index is 5.23. The molecular weight excluding hydrogens is 124 g/mol. The molecule has 0 amide bonds. The molecule has 0 radical (unpaired) electrons. The van der Waals surface area contributed by atoms with Gasteiger partial charge in [-0.2, -0.15) is 0 Å². The van der Waals surface area contributed by atoms with E-state index in [1.807, 2.05) is 6.92 Å². The van der Waals surface area contributed by atoms with Crippen LogP contribution < -0.4 is 0 Å². The van der Waals surface area contributed by atoms with E-state index in [2.05, 4.69) is 13.8 Å². The first-order valence-corrected chi connectivity index (χ1v) is 4.39. The zero-order chi connectivity index (χ0) is 7.82. The predicted octanol–water partition coefficient (Wildman–Crippen LogP) is 2.85. The Morgan fingerprint density at radius 2 is 2.00 bits per heavy atom. The molecule has 0 fully saturated rings. The third-order valence-corrected chi connectivity index (χ3v) is 1.89. The van der Waals surface area contributed by atoms with E-state index in [1.165, 1.54) is 19.3 Å². The molecule has 0 rings (SSSR count). The minimum Gasteiger partial charge on any atom is -0.382 e. The van der Waals surface area contributed by atoms with Gasteiger partial charge in [-0.15, -0.1) is 0 Å². The van der Waals surface area contributed by atoms with E-state index in [1.54, 1.807) is 0 Å². The summed E-state index contributed by atoms with van der Waals surface area (Å²) in [6.07, 6.45) is 3.84. The molecule has 0 bridgehead atoms. The van der Waals surface area contributed by atoms with E-state index >= 15 is 0 Å². The molecule has 0 aromatic carbocycles. The average Bonchev–Trinajstić information content (AvgIpc) is 1.98. The third kappa shape index (κ3) is 6.09. The number of ether oxygens (including phenoxy) is 1. The highest BCUT2D eigenvalue weighted by molar-refractivity contribution is 4.48. The lowest BCUT2D eigenvalue weighted by Crippen LogP contribution is -1.97. The van der Waals surface area contributed by atoms with Gasteiger partial charge in [0.2, 0.25) is 0 Å². The van der Waals surface area contributed by atoms with Crippen LogP contribution in [0.25, 0.3) is 0 Å². The van der Waals surface area contributed by atoms with E-state index in [-0.39, 0.29) is 0 Å². The van der Waals surface area contributed by atoms with Crippen molar-refractivity contribution in [1.29, 1.82) is 0 Å². The second-order valence-electron chi connectivity index (χ2n) is 2.85. The molecule has 0 saturated carbocycles. The molecule has 1 nitrogen and oxygen atoms in total. The molecule has 1 atom stereocenters. The van der Waals surface area contributed by atoms with Gasteiger partial charge in [-0.3, -0.25) is 0 Å². The maximum Gasteiger partial charge on any atom is 0.0465 e. The SMILES string of the molecule is CCOCCCC(C)CC. The second-order valence-corrected chi connectivity index (χ2v) is 2.85. The van der Waals surface area contributed by atoms with Gasteiger partial charge in [0.05, 0.1) is 0 Å². The van der Waals surface area contributed by atoms with Crippen LogP contribution in [0.15, 0.2) is 0 Å². The molecule has 0 heterocycles. The van der Waals surface area contributed by atoms with Gasteiger partial charge in [0, 0.05) is 13.2 Å². The monoisotopic (exact) mass is 144 g/mol. The molecule has 10 heavy (non-hydrogen) atoms. The Labute approximate surface area is 64.8 Å². The Kier molecular flexibility index (Phi) is 7.04. The largest absolute Gasteiger partial charge is 0.382 e. The Morgan fingerprint density at radius 3 is 2.50 bits per heavy atom. The van der Waals surface area contributed by atoms with Crippen LogP contribution in [0.4, 0.5) is 0 Å². The molecule has 0 spiro atoms. The lowest BCUT2D eigenvalue weighted by molar-refractivity contribution is 0.140. The van der Waals surface area contributed by atoms with Crippen molar-refractivity contribution < 1.29 is 4.74 Å². The van der Waals surface area contributed by atoms with Gasteiger partial charge in [0.1, 0.15) is 0 Å². The van der Waals surface area contributed by atoms with Gasteiger partial charge < -0.3 is 4.74 Å². The van der Waals surface area contributed by atoms with Gasteiger partial charge in [0.25, 0.3) is 0 Å². The molecule has 1 unspecified atom stereocenters. The Morgan fingerprint density at radius 1 is 1.30 bits per heavy atom. The van der Waals surface area contributed by atoms with Gasteiger partial charge in [-0.1, -0.05) is 20.3 Å². The fourth-order valence-electron chi connectivity index (χ4n) is 0.882. The van der Waals surface area contributed by atoms with Crippen LogP contribution in [0.1, 0.15) is 40.0 Å². The molecule has 0 aromatic rings. The van der Waals surface area contributed by atoms with Crippen molar-refractivity contribution in [3.8, 4) is 0 Å². The highest BCUT2D eigenvalue weighted by Gasteiger charge is 1.96. The van der Waals surface area contributed by atoms with Crippen molar-refractivity contribution in [3.05, 3.63) is 0 Å². The summed E-state index contributed by atoms with van der Waals surface area (Å²) in [7, 11) is 0. The fraction of sp³-hybridized carbons (Fsp3) is 1.00. The highest BCUT2D eigenvalue weighted by atomic mass is 16.5. The van der Waals surface area contributed by atoms with Crippen LogP contribution in [-0.4, -0.2) is 13.2 Å². The topological polar surface area (TPSA) is 9.23 Å². The summed E-state index contributed by atoms with van der Waals surface area (Å²) < 4.78 is 5.23. The van der Waals surface area contributed by atoms with Crippen molar-refractivity contribution in [3.63, 3.8) is 0 Å². The summed E-state index contributed by atoms with van der Waals surface area (Å²) in [5, 5.41) is 0. The van der Waals surface area contributed by atoms with Crippen molar-refractivity contribution in [2.45, 2.75) is 40.0 Å². The van der Waals surface area contributed by atoms with Crippen molar-refractivity contribution in [2.24, 2.45) is 5.92 Å². The quantitative estimate of drug-likeness (QED) is 0.521. The van der Waals surface area contributed by atoms with Crippen LogP contribution in [0, 0.1) is 5.92 Å². The Hall–Kier alpha value is -0.0400. The normalized spacial score (nSPS) is 13.5. The van der Waals surface area contributed by atoms with Crippen LogP contribution in [0.3, 0.4) is 0 Å². The molecule has 62 valence electrons. The van der Waals surface area contributed by atoms with Crippen molar-refractivity contribution in [1.82, 2.24) is 0 Å². The minimum absolute atomic E-state index is 0.862. The lowest BCUT2D eigenvalue weighted by Gasteiger charge is -2.06. The Bertz CT molecular complexity index is 61.7.